The van der Waals surface area contributed by atoms with Gasteiger partial charge in [0.05, 0.1) is 18.4 Å². The van der Waals surface area contributed by atoms with Crippen molar-refractivity contribution in [2.45, 2.75) is 55.3 Å². The summed E-state index contributed by atoms with van der Waals surface area (Å²) in [6.45, 7) is -1.09. The van der Waals surface area contributed by atoms with Gasteiger partial charge in [0.1, 0.15) is 12.0 Å². The summed E-state index contributed by atoms with van der Waals surface area (Å²) in [4.78, 5) is 14.6. The van der Waals surface area contributed by atoms with Gasteiger partial charge in [-0.2, -0.15) is 26.3 Å². The zero-order valence-electron chi connectivity index (χ0n) is 15.6. The van der Waals surface area contributed by atoms with Crippen molar-refractivity contribution in [3.8, 4) is 0 Å². The zero-order valence-corrected chi connectivity index (χ0v) is 17.2. The molecule has 1 aliphatic carbocycles. The lowest BCUT2D eigenvalue weighted by molar-refractivity contribution is -0.549. The maximum atomic E-state index is 14.0. The molecular weight excluding hydrogens is 467 g/mol. The second kappa shape index (κ2) is 10.2. The molecule has 3 unspecified atom stereocenters. The molecule has 176 valence electrons. The third-order valence-corrected chi connectivity index (χ3v) is 7.94. The SMILES string of the molecule is O=[N+]([O-])C1CCCC(C(F)(F)F)C1COOOSC(F)(F)S(=O)(=O)N1CCCCC1. The normalized spacial score (nSPS) is 27.2. The molecule has 2 fully saturated rings. The van der Waals surface area contributed by atoms with E-state index in [9.17, 15) is 40.5 Å². The highest BCUT2D eigenvalue weighted by Crippen LogP contribution is 2.43. The molecule has 1 saturated heterocycles. The third kappa shape index (κ3) is 6.12. The maximum absolute atomic E-state index is 14.0. The molecule has 0 aromatic carbocycles. The van der Waals surface area contributed by atoms with Crippen LogP contribution in [0.25, 0.3) is 0 Å². The van der Waals surface area contributed by atoms with Crippen LogP contribution in [0.4, 0.5) is 22.0 Å². The highest BCUT2D eigenvalue weighted by atomic mass is 32.3. The molecule has 16 heteroatoms. The summed E-state index contributed by atoms with van der Waals surface area (Å²) < 4.78 is 91.5. The van der Waals surface area contributed by atoms with Crippen LogP contribution in [-0.4, -0.2) is 54.1 Å². The first-order valence-electron chi connectivity index (χ1n) is 9.09. The number of hydrogen-bond acceptors (Lipinski definition) is 8. The fraction of sp³-hybridized carbons (Fsp3) is 1.00. The van der Waals surface area contributed by atoms with Gasteiger partial charge in [-0.05, 0) is 25.7 Å². The van der Waals surface area contributed by atoms with Crippen LogP contribution in [-0.2, 0) is 24.3 Å². The van der Waals surface area contributed by atoms with Crippen molar-refractivity contribution in [1.82, 2.24) is 4.31 Å². The Bertz CT molecular complexity index is 689. The van der Waals surface area contributed by atoms with E-state index in [-0.39, 0.29) is 32.4 Å². The Hall–Kier alpha value is -0.810. The molecule has 0 amide bonds. The van der Waals surface area contributed by atoms with E-state index in [0.29, 0.717) is 23.6 Å². The number of sulfonamides is 1. The van der Waals surface area contributed by atoms with Crippen LogP contribution in [0.5, 0.6) is 0 Å². The summed E-state index contributed by atoms with van der Waals surface area (Å²) in [6.07, 6.45) is -3.59. The van der Waals surface area contributed by atoms with Crippen molar-refractivity contribution in [2.75, 3.05) is 19.7 Å². The lowest BCUT2D eigenvalue weighted by Crippen LogP contribution is -2.46. The summed E-state index contributed by atoms with van der Waals surface area (Å²) in [5.74, 6) is -3.64. The number of piperidine rings is 1. The summed E-state index contributed by atoms with van der Waals surface area (Å²) in [5.41, 5.74) is 0. The Kier molecular flexibility index (Phi) is 8.66. The van der Waals surface area contributed by atoms with Crippen molar-refractivity contribution in [3.05, 3.63) is 10.1 Å². The van der Waals surface area contributed by atoms with Crippen LogP contribution >= 0.6 is 12.0 Å². The van der Waals surface area contributed by atoms with Crippen LogP contribution < -0.4 is 0 Å². The summed E-state index contributed by atoms with van der Waals surface area (Å²) in [6, 6.07) is -1.55. The van der Waals surface area contributed by atoms with Crippen LogP contribution in [0.1, 0.15) is 38.5 Å². The first-order valence-corrected chi connectivity index (χ1v) is 11.3. The number of rotatable bonds is 9. The third-order valence-electron chi connectivity index (χ3n) is 5.14. The molecule has 2 rings (SSSR count). The van der Waals surface area contributed by atoms with Crippen molar-refractivity contribution >= 4 is 22.1 Å². The second-order valence-corrected chi connectivity index (χ2v) is 10.1. The quantitative estimate of drug-likeness (QED) is 0.121. The molecule has 1 aliphatic heterocycles. The molecule has 1 heterocycles. The number of alkyl halides is 5. The van der Waals surface area contributed by atoms with Gasteiger partial charge in [0, 0.05) is 24.4 Å². The second-order valence-electron chi connectivity index (χ2n) is 7.03. The number of hydrogen-bond donors (Lipinski definition) is 0. The predicted octanol–water partition coefficient (Wildman–Crippen LogP) is 3.50. The minimum atomic E-state index is -5.05. The molecule has 9 nitrogen and oxygen atoms in total. The van der Waals surface area contributed by atoms with Gasteiger partial charge in [-0.15, -0.1) is 4.33 Å². The molecule has 3 atom stereocenters. The lowest BCUT2D eigenvalue weighted by Gasteiger charge is -2.33. The van der Waals surface area contributed by atoms with E-state index in [4.69, 9.17) is 0 Å². The summed E-state index contributed by atoms with van der Waals surface area (Å²) in [5, 5.41) is 15.0. The minimum Gasteiger partial charge on any atom is -0.264 e. The van der Waals surface area contributed by atoms with Gasteiger partial charge < -0.3 is 0 Å². The highest BCUT2D eigenvalue weighted by Gasteiger charge is 2.54. The van der Waals surface area contributed by atoms with E-state index in [1.165, 1.54) is 0 Å². The Labute approximate surface area is 173 Å². The number of halogens is 5. The van der Waals surface area contributed by atoms with Crippen LogP contribution in [0, 0.1) is 22.0 Å². The Morgan fingerprint density at radius 2 is 1.70 bits per heavy atom. The van der Waals surface area contributed by atoms with Gasteiger partial charge in [-0.1, -0.05) is 11.5 Å². The van der Waals surface area contributed by atoms with Gasteiger partial charge in [0.15, 0.2) is 0 Å². The molecule has 0 bridgehead atoms. The lowest BCUT2D eigenvalue weighted by atomic mass is 9.76. The monoisotopic (exact) mass is 488 g/mol. The maximum Gasteiger partial charge on any atom is 0.433 e. The average Bonchev–Trinajstić information content (AvgIpc) is 2.67. The molecule has 2 aliphatic rings. The van der Waals surface area contributed by atoms with Gasteiger partial charge in [-0.25, -0.2) is 13.3 Å². The Balaban J connectivity index is 1.88. The van der Waals surface area contributed by atoms with Crippen molar-refractivity contribution in [1.29, 1.82) is 0 Å². The molecule has 0 aromatic rings. The zero-order chi connectivity index (χ0) is 22.6. The van der Waals surface area contributed by atoms with E-state index < -0.39 is 62.2 Å². The van der Waals surface area contributed by atoms with E-state index in [1.807, 2.05) is 0 Å². The van der Waals surface area contributed by atoms with Gasteiger partial charge in [0.25, 0.3) is 10.0 Å². The fourth-order valence-electron chi connectivity index (χ4n) is 3.62. The smallest absolute Gasteiger partial charge is 0.264 e. The molecule has 0 radical (unpaired) electrons. The van der Waals surface area contributed by atoms with Gasteiger partial charge >= 0.3 is 10.8 Å². The molecule has 0 spiro atoms. The summed E-state index contributed by atoms with van der Waals surface area (Å²) >= 11 is -0.887. The number of nitro groups is 1. The van der Waals surface area contributed by atoms with Crippen LogP contribution in [0.3, 0.4) is 0 Å². The molecule has 0 aromatic heterocycles. The standard InChI is InChI=1S/C14H21F5N2O7S2/c15-13(16,17)11-5-4-6-12(21(22)23)10(11)9-26-27-28-29-14(18,19)30(24,25)20-7-2-1-3-8-20/h10-12H,1-9H2. The van der Waals surface area contributed by atoms with E-state index >= 15 is 0 Å². The topological polar surface area (TPSA) is 108 Å². The van der Waals surface area contributed by atoms with E-state index in [0.717, 1.165) is 0 Å². The first kappa shape index (κ1) is 25.5. The molecule has 1 saturated carbocycles. The van der Waals surface area contributed by atoms with Crippen molar-refractivity contribution in [3.63, 3.8) is 0 Å². The van der Waals surface area contributed by atoms with Gasteiger partial charge in [0.2, 0.25) is 6.04 Å². The summed E-state index contributed by atoms with van der Waals surface area (Å²) in [7, 11) is -5.05. The van der Waals surface area contributed by atoms with Gasteiger partial charge in [-0.3, -0.25) is 10.1 Å². The van der Waals surface area contributed by atoms with E-state index in [2.05, 4.69) is 14.3 Å². The average molecular weight is 488 g/mol. The predicted molar refractivity (Wildman–Crippen MR) is 92.7 cm³/mol. The molecule has 0 N–H and O–H groups in total. The van der Waals surface area contributed by atoms with Crippen molar-refractivity contribution in [2.24, 2.45) is 11.8 Å². The molecule has 30 heavy (non-hydrogen) atoms. The van der Waals surface area contributed by atoms with Crippen LogP contribution in [0.2, 0.25) is 0 Å². The Morgan fingerprint density at radius 3 is 2.27 bits per heavy atom. The minimum absolute atomic E-state index is 0.000113. The van der Waals surface area contributed by atoms with E-state index in [1.54, 1.807) is 0 Å². The first-order chi connectivity index (χ1) is 13.9. The Morgan fingerprint density at radius 1 is 1.07 bits per heavy atom. The highest BCUT2D eigenvalue weighted by molar-refractivity contribution is 8.10. The molecular formula is C14H21F5N2O7S2. The largest absolute Gasteiger partial charge is 0.433 e. The van der Waals surface area contributed by atoms with Crippen molar-refractivity contribution < 1.29 is 49.6 Å². The number of nitrogens with zero attached hydrogens (tertiary/aromatic N) is 2. The van der Waals surface area contributed by atoms with Crippen LogP contribution in [0.15, 0.2) is 0 Å². The fourth-order valence-corrected chi connectivity index (χ4v) is 5.55.